The number of hydrogen-bond donors (Lipinski definition) is 1. The zero-order valence-electron chi connectivity index (χ0n) is 10.5. The number of nitrogens with one attached hydrogen (secondary N) is 1. The zero-order chi connectivity index (χ0) is 13.1. The molecule has 0 atom stereocenters. The molecule has 0 aliphatic carbocycles. The van der Waals surface area contributed by atoms with Crippen molar-refractivity contribution < 1.29 is 9.53 Å². The summed E-state index contributed by atoms with van der Waals surface area (Å²) in [6, 6.07) is 0. The molecule has 0 saturated carbocycles. The summed E-state index contributed by atoms with van der Waals surface area (Å²) < 4.78 is 6.07. The van der Waals surface area contributed by atoms with Crippen molar-refractivity contribution in [2.24, 2.45) is 0 Å². The van der Waals surface area contributed by atoms with Gasteiger partial charge in [0.25, 0.3) is 0 Å². The molecular weight excluding hydrogens is 284 g/mol. The number of aromatic nitrogens is 1. The van der Waals surface area contributed by atoms with E-state index >= 15 is 0 Å². The molecule has 0 fully saturated rings. The Morgan fingerprint density at radius 3 is 2.65 bits per heavy atom. The van der Waals surface area contributed by atoms with Gasteiger partial charge in [-0.3, -0.25) is 10.3 Å². The molecule has 0 bridgehead atoms. The molecule has 0 aliphatic heterocycles. The summed E-state index contributed by atoms with van der Waals surface area (Å²) in [5.74, 6) is 0. The van der Waals surface area contributed by atoms with Gasteiger partial charge in [0, 0.05) is 10.7 Å². The van der Waals surface area contributed by atoms with Gasteiger partial charge >= 0.3 is 6.09 Å². The van der Waals surface area contributed by atoms with Crippen molar-refractivity contribution in [3.63, 3.8) is 0 Å². The summed E-state index contributed by atoms with van der Waals surface area (Å²) in [4.78, 5) is 15.7. The van der Waals surface area contributed by atoms with Crippen LogP contribution in [-0.2, 0) is 11.2 Å². The van der Waals surface area contributed by atoms with Crippen LogP contribution in [0.25, 0.3) is 0 Å². The van der Waals surface area contributed by atoms with E-state index in [-0.39, 0.29) is 0 Å². The number of nitrogens with zero attached hydrogens (tertiary/aromatic N) is 1. The number of rotatable bonds is 2. The molecule has 0 radical (unpaired) electrons. The van der Waals surface area contributed by atoms with Gasteiger partial charge in [0.05, 0.1) is 11.9 Å². The normalized spacial score (nSPS) is 11.1. The van der Waals surface area contributed by atoms with E-state index in [1.165, 1.54) is 0 Å². The molecule has 1 amide bonds. The summed E-state index contributed by atoms with van der Waals surface area (Å²) in [6.45, 7) is 7.49. The Morgan fingerprint density at radius 1 is 1.47 bits per heavy atom. The fourth-order valence-electron chi connectivity index (χ4n) is 1.34. The predicted molar refractivity (Wildman–Crippen MR) is 71.2 cm³/mol. The Labute approximate surface area is 110 Å². The molecule has 1 aromatic rings. The molecule has 1 heterocycles. The first-order valence-corrected chi connectivity index (χ1v) is 6.25. The molecule has 0 saturated heterocycles. The van der Waals surface area contributed by atoms with Gasteiger partial charge in [-0.1, -0.05) is 6.92 Å². The first kappa shape index (κ1) is 14.0. The van der Waals surface area contributed by atoms with Gasteiger partial charge in [0.15, 0.2) is 0 Å². The second kappa shape index (κ2) is 5.49. The van der Waals surface area contributed by atoms with E-state index in [1.54, 1.807) is 12.4 Å². The van der Waals surface area contributed by atoms with Crippen LogP contribution in [0.4, 0.5) is 10.5 Å². The minimum absolute atomic E-state index is 0.466. The highest BCUT2D eigenvalue weighted by Crippen LogP contribution is 2.24. The van der Waals surface area contributed by atoms with Crippen LogP contribution in [0.1, 0.15) is 33.3 Å². The fraction of sp³-hybridized carbons (Fsp3) is 0.500. The monoisotopic (exact) mass is 300 g/mol. The van der Waals surface area contributed by atoms with Gasteiger partial charge in [0.2, 0.25) is 0 Å². The third-order valence-electron chi connectivity index (χ3n) is 1.99. The van der Waals surface area contributed by atoms with E-state index in [4.69, 9.17) is 4.74 Å². The second-order valence-corrected chi connectivity index (χ2v) is 5.48. The summed E-state index contributed by atoms with van der Waals surface area (Å²) in [6.07, 6.45) is 3.66. The van der Waals surface area contributed by atoms with E-state index in [0.29, 0.717) is 5.69 Å². The van der Waals surface area contributed by atoms with E-state index in [9.17, 15) is 4.79 Å². The number of halogens is 1. The van der Waals surface area contributed by atoms with Crippen molar-refractivity contribution >= 4 is 27.7 Å². The maximum absolute atomic E-state index is 11.6. The first-order valence-electron chi connectivity index (χ1n) is 5.46. The average molecular weight is 301 g/mol. The van der Waals surface area contributed by atoms with Crippen LogP contribution < -0.4 is 5.32 Å². The third kappa shape index (κ3) is 4.34. The van der Waals surface area contributed by atoms with Gasteiger partial charge in [-0.25, -0.2) is 4.79 Å². The lowest BCUT2D eigenvalue weighted by molar-refractivity contribution is 0.0635. The van der Waals surface area contributed by atoms with Crippen LogP contribution in [0.2, 0.25) is 0 Å². The Bertz CT molecular complexity index is 413. The largest absolute Gasteiger partial charge is 0.444 e. The van der Waals surface area contributed by atoms with Crippen LogP contribution >= 0.6 is 15.9 Å². The average Bonchev–Trinajstić information content (AvgIpc) is 2.14. The van der Waals surface area contributed by atoms with E-state index in [2.05, 4.69) is 26.2 Å². The lowest BCUT2D eigenvalue weighted by atomic mass is 10.2. The second-order valence-electron chi connectivity index (χ2n) is 4.63. The quantitative estimate of drug-likeness (QED) is 0.905. The molecule has 0 spiro atoms. The number of carbonyl (C=O) groups excluding carboxylic acids is 1. The molecule has 1 rings (SSSR count). The molecule has 94 valence electrons. The Morgan fingerprint density at radius 2 is 2.12 bits per heavy atom. The van der Waals surface area contributed by atoms with Gasteiger partial charge in [-0.15, -0.1) is 0 Å². The van der Waals surface area contributed by atoms with E-state index in [1.807, 2.05) is 27.7 Å². The molecule has 4 nitrogen and oxygen atoms in total. The SMILES string of the molecule is CCc1c(Br)cncc1NC(=O)OC(C)(C)C. The molecule has 5 heteroatoms. The van der Waals surface area contributed by atoms with Gasteiger partial charge in [-0.2, -0.15) is 0 Å². The lowest BCUT2D eigenvalue weighted by Gasteiger charge is -2.20. The summed E-state index contributed by atoms with van der Waals surface area (Å²) in [5.41, 5.74) is 1.18. The Hall–Kier alpha value is -1.10. The molecule has 0 unspecified atom stereocenters. The Balaban J connectivity index is 2.82. The van der Waals surface area contributed by atoms with Gasteiger partial charge in [-0.05, 0) is 48.7 Å². The van der Waals surface area contributed by atoms with Crippen LogP contribution in [-0.4, -0.2) is 16.7 Å². The third-order valence-corrected chi connectivity index (χ3v) is 2.68. The molecule has 1 N–H and O–H groups in total. The van der Waals surface area contributed by atoms with Crippen molar-refractivity contribution in [3.8, 4) is 0 Å². The highest BCUT2D eigenvalue weighted by atomic mass is 79.9. The summed E-state index contributed by atoms with van der Waals surface area (Å²) in [7, 11) is 0. The first-order chi connectivity index (χ1) is 7.83. The van der Waals surface area contributed by atoms with Crippen LogP contribution in [0.5, 0.6) is 0 Å². The van der Waals surface area contributed by atoms with Crippen molar-refractivity contribution in [1.82, 2.24) is 4.98 Å². The fourth-order valence-corrected chi connectivity index (χ4v) is 1.95. The number of amides is 1. The number of ether oxygens (including phenoxy) is 1. The Kier molecular flexibility index (Phi) is 4.51. The van der Waals surface area contributed by atoms with Crippen LogP contribution in [0.3, 0.4) is 0 Å². The standard InChI is InChI=1S/C12H17BrN2O2/c1-5-8-9(13)6-14-7-10(8)15-11(16)17-12(2,3)4/h6-7H,5H2,1-4H3,(H,15,16). The van der Waals surface area contributed by atoms with Crippen molar-refractivity contribution in [3.05, 3.63) is 22.4 Å². The highest BCUT2D eigenvalue weighted by Gasteiger charge is 2.17. The minimum Gasteiger partial charge on any atom is -0.444 e. The van der Waals surface area contributed by atoms with Gasteiger partial charge in [0.1, 0.15) is 5.60 Å². The highest BCUT2D eigenvalue weighted by molar-refractivity contribution is 9.10. The van der Waals surface area contributed by atoms with Crippen LogP contribution in [0, 0.1) is 0 Å². The molecule has 17 heavy (non-hydrogen) atoms. The maximum atomic E-state index is 11.6. The molecule has 1 aromatic heterocycles. The maximum Gasteiger partial charge on any atom is 0.412 e. The number of pyridine rings is 1. The molecule has 0 aromatic carbocycles. The van der Waals surface area contributed by atoms with E-state index < -0.39 is 11.7 Å². The number of anilines is 1. The lowest BCUT2D eigenvalue weighted by Crippen LogP contribution is -2.27. The van der Waals surface area contributed by atoms with Crippen molar-refractivity contribution in [2.75, 3.05) is 5.32 Å². The topological polar surface area (TPSA) is 51.2 Å². The van der Waals surface area contributed by atoms with Crippen molar-refractivity contribution in [1.29, 1.82) is 0 Å². The van der Waals surface area contributed by atoms with Crippen molar-refractivity contribution in [2.45, 2.75) is 39.7 Å². The van der Waals surface area contributed by atoms with E-state index in [0.717, 1.165) is 16.5 Å². The smallest absolute Gasteiger partial charge is 0.412 e. The zero-order valence-corrected chi connectivity index (χ0v) is 12.1. The number of hydrogen-bond acceptors (Lipinski definition) is 3. The molecular formula is C12H17BrN2O2. The number of carbonyl (C=O) groups is 1. The summed E-state index contributed by atoms with van der Waals surface area (Å²) >= 11 is 3.40. The van der Waals surface area contributed by atoms with Gasteiger partial charge < -0.3 is 4.74 Å². The molecule has 0 aliphatic rings. The van der Waals surface area contributed by atoms with Crippen LogP contribution in [0.15, 0.2) is 16.9 Å². The summed E-state index contributed by atoms with van der Waals surface area (Å²) in [5, 5.41) is 2.71. The minimum atomic E-state index is -0.504. The predicted octanol–water partition coefficient (Wildman–Crippen LogP) is 3.75.